The maximum Gasteiger partial charge on any atom is 0.421 e. The first-order chi connectivity index (χ1) is 15.3. The van der Waals surface area contributed by atoms with Gasteiger partial charge in [0.1, 0.15) is 5.60 Å². The number of aromatic nitrogens is 1. The molecule has 4 aromatic rings. The van der Waals surface area contributed by atoms with Crippen LogP contribution in [0.5, 0.6) is 0 Å². The summed E-state index contributed by atoms with van der Waals surface area (Å²) in [7, 11) is 0. The van der Waals surface area contributed by atoms with Gasteiger partial charge in [-0.2, -0.15) is 0 Å². The third-order valence-corrected chi connectivity index (χ3v) is 5.91. The molecule has 0 bridgehead atoms. The second-order valence-corrected chi connectivity index (χ2v) is 9.48. The number of amides is 1. The summed E-state index contributed by atoms with van der Waals surface area (Å²) in [5.41, 5.74) is 4.21. The van der Waals surface area contributed by atoms with Crippen molar-refractivity contribution in [3.05, 3.63) is 90.5 Å². The lowest BCUT2D eigenvalue weighted by Gasteiger charge is -2.25. The van der Waals surface area contributed by atoms with Gasteiger partial charge in [0.05, 0.1) is 16.3 Å². The summed E-state index contributed by atoms with van der Waals surface area (Å²) in [6.45, 7) is 7.69. The molecule has 32 heavy (non-hydrogen) atoms. The number of rotatable bonds is 4. The van der Waals surface area contributed by atoms with Crippen LogP contribution in [0.1, 0.15) is 26.3 Å². The van der Waals surface area contributed by atoms with E-state index in [1.807, 2.05) is 93.6 Å². The monoisotopic (exact) mass is 442 g/mol. The van der Waals surface area contributed by atoms with Gasteiger partial charge >= 0.3 is 6.09 Å². The van der Waals surface area contributed by atoms with Crippen molar-refractivity contribution in [1.82, 2.24) is 4.98 Å². The number of hydrogen-bond donors (Lipinski definition) is 0. The van der Waals surface area contributed by atoms with Crippen molar-refractivity contribution >= 4 is 28.2 Å². The Balaban J connectivity index is 1.91. The van der Waals surface area contributed by atoms with Gasteiger partial charge in [0.15, 0.2) is 0 Å². The predicted octanol–water partition coefficient (Wildman–Crippen LogP) is 7.86. The minimum absolute atomic E-state index is 0.451. The Morgan fingerprint density at radius 2 is 1.47 bits per heavy atom. The zero-order valence-electron chi connectivity index (χ0n) is 18.7. The summed E-state index contributed by atoms with van der Waals surface area (Å²) in [5.74, 6) is 0. The average Bonchev–Trinajstić information content (AvgIpc) is 3.19. The van der Waals surface area contributed by atoms with Gasteiger partial charge in [0, 0.05) is 5.56 Å². The van der Waals surface area contributed by atoms with E-state index < -0.39 is 11.7 Å². The predicted molar refractivity (Wildman–Crippen MR) is 133 cm³/mol. The molecule has 3 aromatic carbocycles. The highest BCUT2D eigenvalue weighted by atomic mass is 32.1. The molecule has 0 N–H and O–H groups in total. The Hall–Kier alpha value is -3.44. The van der Waals surface area contributed by atoms with E-state index in [9.17, 15) is 4.79 Å². The average molecular weight is 443 g/mol. The second-order valence-electron chi connectivity index (χ2n) is 8.51. The Labute approximate surface area is 193 Å². The van der Waals surface area contributed by atoms with Crippen molar-refractivity contribution in [1.29, 1.82) is 0 Å². The summed E-state index contributed by atoms with van der Waals surface area (Å²) >= 11 is 1.49. The topological polar surface area (TPSA) is 42.4 Å². The molecule has 0 saturated heterocycles. The van der Waals surface area contributed by atoms with Gasteiger partial charge in [-0.05, 0) is 51.0 Å². The van der Waals surface area contributed by atoms with Gasteiger partial charge in [0.25, 0.3) is 0 Å². The molecule has 0 saturated carbocycles. The molecule has 1 aromatic heterocycles. The van der Waals surface area contributed by atoms with Crippen LogP contribution < -0.4 is 4.90 Å². The van der Waals surface area contributed by atoms with Crippen LogP contribution in [0.4, 0.5) is 15.6 Å². The molecular formula is C27H26N2O2S. The number of nitrogens with zero attached hydrogens (tertiary/aromatic N) is 2. The fourth-order valence-electron chi connectivity index (χ4n) is 3.38. The van der Waals surface area contributed by atoms with Gasteiger partial charge in [-0.1, -0.05) is 84.1 Å². The zero-order valence-corrected chi connectivity index (χ0v) is 19.5. The van der Waals surface area contributed by atoms with Crippen LogP contribution in [-0.2, 0) is 4.74 Å². The van der Waals surface area contributed by atoms with Gasteiger partial charge in [-0.3, -0.25) is 0 Å². The highest BCUT2D eigenvalue weighted by Crippen LogP contribution is 2.43. The largest absolute Gasteiger partial charge is 0.443 e. The van der Waals surface area contributed by atoms with Gasteiger partial charge in [0.2, 0.25) is 5.13 Å². The molecule has 0 atom stereocenters. The van der Waals surface area contributed by atoms with E-state index in [4.69, 9.17) is 9.72 Å². The molecule has 0 aliphatic heterocycles. The third-order valence-electron chi connectivity index (χ3n) is 4.83. The van der Waals surface area contributed by atoms with Gasteiger partial charge in [-0.15, -0.1) is 0 Å². The maximum absolute atomic E-state index is 13.3. The standard InChI is InChI=1S/C27H26N2O2S/c1-19-13-11-12-18-22(19)24-23(20-14-7-5-8-15-20)28-25(32-24)29(21-16-9-6-10-17-21)26(30)31-27(2,3)4/h5-18H,1-4H3. The van der Waals surface area contributed by atoms with E-state index in [-0.39, 0.29) is 0 Å². The van der Waals surface area contributed by atoms with Crippen LogP contribution in [0, 0.1) is 6.92 Å². The first kappa shape index (κ1) is 21.8. The molecule has 0 fully saturated rings. The molecule has 1 amide bonds. The molecule has 0 aliphatic carbocycles. The molecule has 1 heterocycles. The number of carbonyl (C=O) groups excluding carboxylic acids is 1. The summed E-state index contributed by atoms with van der Waals surface area (Å²) in [6, 6.07) is 27.8. The lowest BCUT2D eigenvalue weighted by Crippen LogP contribution is -2.33. The molecule has 0 aliphatic rings. The maximum atomic E-state index is 13.3. The summed E-state index contributed by atoms with van der Waals surface area (Å²) in [6.07, 6.45) is -0.451. The number of thiazole rings is 1. The van der Waals surface area contributed by atoms with Gasteiger partial charge < -0.3 is 4.74 Å². The van der Waals surface area contributed by atoms with Crippen molar-refractivity contribution in [3.8, 4) is 21.7 Å². The second kappa shape index (κ2) is 8.97. The highest BCUT2D eigenvalue weighted by molar-refractivity contribution is 7.19. The smallest absolute Gasteiger partial charge is 0.421 e. The fourth-order valence-corrected chi connectivity index (χ4v) is 4.57. The summed E-state index contributed by atoms with van der Waals surface area (Å²) < 4.78 is 5.75. The highest BCUT2D eigenvalue weighted by Gasteiger charge is 2.29. The summed E-state index contributed by atoms with van der Waals surface area (Å²) in [4.78, 5) is 20.8. The number of para-hydroxylation sites is 1. The quantitative estimate of drug-likeness (QED) is 0.323. The molecule has 0 spiro atoms. The number of anilines is 2. The van der Waals surface area contributed by atoms with Crippen LogP contribution in [-0.4, -0.2) is 16.7 Å². The molecule has 0 radical (unpaired) electrons. The van der Waals surface area contributed by atoms with E-state index in [2.05, 4.69) is 19.1 Å². The molecule has 4 nitrogen and oxygen atoms in total. The first-order valence-electron chi connectivity index (χ1n) is 10.5. The van der Waals surface area contributed by atoms with Crippen molar-refractivity contribution < 1.29 is 9.53 Å². The molecule has 4 rings (SSSR count). The molecular weight excluding hydrogens is 416 g/mol. The lowest BCUT2D eigenvalue weighted by molar-refractivity contribution is 0.0599. The molecule has 162 valence electrons. The number of carbonyl (C=O) groups is 1. The molecule has 0 unspecified atom stereocenters. The van der Waals surface area contributed by atoms with E-state index in [0.29, 0.717) is 10.8 Å². The molecule has 5 heteroatoms. The van der Waals surface area contributed by atoms with Crippen LogP contribution in [0.15, 0.2) is 84.9 Å². The van der Waals surface area contributed by atoms with Crippen molar-refractivity contribution in [3.63, 3.8) is 0 Å². The zero-order chi connectivity index (χ0) is 22.7. The first-order valence-corrected chi connectivity index (χ1v) is 11.4. The Morgan fingerprint density at radius 3 is 2.09 bits per heavy atom. The lowest BCUT2D eigenvalue weighted by atomic mass is 10.0. The van der Waals surface area contributed by atoms with E-state index >= 15 is 0 Å². The van der Waals surface area contributed by atoms with Crippen molar-refractivity contribution in [2.24, 2.45) is 0 Å². The van der Waals surface area contributed by atoms with Crippen molar-refractivity contribution in [2.75, 3.05) is 4.90 Å². The number of hydrogen-bond acceptors (Lipinski definition) is 4. The van der Waals surface area contributed by atoms with E-state index in [1.165, 1.54) is 11.3 Å². The minimum Gasteiger partial charge on any atom is -0.443 e. The fraction of sp³-hybridized carbons (Fsp3) is 0.185. The van der Waals surface area contributed by atoms with Crippen LogP contribution in [0.2, 0.25) is 0 Å². The normalized spacial score (nSPS) is 11.2. The van der Waals surface area contributed by atoms with E-state index in [0.717, 1.165) is 27.3 Å². The van der Waals surface area contributed by atoms with Crippen LogP contribution >= 0.6 is 11.3 Å². The third kappa shape index (κ3) is 4.73. The van der Waals surface area contributed by atoms with Crippen LogP contribution in [0.3, 0.4) is 0 Å². The van der Waals surface area contributed by atoms with Gasteiger partial charge in [-0.25, -0.2) is 14.7 Å². The van der Waals surface area contributed by atoms with Crippen molar-refractivity contribution in [2.45, 2.75) is 33.3 Å². The Morgan fingerprint density at radius 1 is 0.875 bits per heavy atom. The Bertz CT molecular complexity index is 1210. The number of aryl methyl sites for hydroxylation is 1. The number of benzene rings is 3. The van der Waals surface area contributed by atoms with Crippen LogP contribution in [0.25, 0.3) is 21.7 Å². The number of ether oxygens (including phenoxy) is 1. The minimum atomic E-state index is -0.623. The van der Waals surface area contributed by atoms with E-state index in [1.54, 1.807) is 4.90 Å². The summed E-state index contributed by atoms with van der Waals surface area (Å²) in [5, 5.41) is 0.572. The SMILES string of the molecule is Cc1ccccc1-c1sc(N(C(=O)OC(C)(C)C)c2ccccc2)nc1-c1ccccc1. The Kier molecular flexibility index (Phi) is 6.10.